The maximum Gasteiger partial charge on any atom is 0.0712 e. The molecule has 2 unspecified atom stereocenters. The van der Waals surface area contributed by atoms with Crippen LogP contribution in [-0.2, 0) is 0 Å². The van der Waals surface area contributed by atoms with E-state index in [-0.39, 0.29) is 12.1 Å². The molecule has 4 N–H and O–H groups in total. The summed E-state index contributed by atoms with van der Waals surface area (Å²) in [6, 6.07) is 7.63. The largest absolute Gasteiger partial charge is 0.397 e. The Morgan fingerprint density at radius 1 is 1.43 bits per heavy atom. The number of nitrogens with one attached hydrogen (secondary N) is 1. The third-order valence-corrected chi connectivity index (χ3v) is 2.32. The van der Waals surface area contributed by atoms with Gasteiger partial charge in [-0.3, -0.25) is 0 Å². The highest BCUT2D eigenvalue weighted by Crippen LogP contribution is 2.19. The van der Waals surface area contributed by atoms with Gasteiger partial charge in [-0.05, 0) is 25.5 Å². The number of nitrogens with two attached hydrogens (primary N) is 1. The van der Waals surface area contributed by atoms with Crippen molar-refractivity contribution in [2.75, 3.05) is 11.1 Å². The number of rotatable bonds is 4. The van der Waals surface area contributed by atoms with E-state index in [9.17, 15) is 5.11 Å². The Balaban J connectivity index is 2.72. The first-order valence-electron chi connectivity index (χ1n) is 4.94. The molecule has 14 heavy (non-hydrogen) atoms. The van der Waals surface area contributed by atoms with E-state index < -0.39 is 0 Å². The van der Waals surface area contributed by atoms with Crippen molar-refractivity contribution in [2.24, 2.45) is 0 Å². The topological polar surface area (TPSA) is 58.3 Å². The van der Waals surface area contributed by atoms with Crippen molar-refractivity contribution < 1.29 is 5.11 Å². The Kier molecular flexibility index (Phi) is 3.77. The number of benzene rings is 1. The van der Waals surface area contributed by atoms with Crippen molar-refractivity contribution in [1.82, 2.24) is 0 Å². The van der Waals surface area contributed by atoms with Crippen LogP contribution >= 0.6 is 0 Å². The lowest BCUT2D eigenvalue weighted by Gasteiger charge is -2.21. The number of anilines is 2. The summed E-state index contributed by atoms with van der Waals surface area (Å²) in [5.41, 5.74) is 7.38. The monoisotopic (exact) mass is 194 g/mol. The van der Waals surface area contributed by atoms with E-state index in [2.05, 4.69) is 5.32 Å². The van der Waals surface area contributed by atoms with Gasteiger partial charge in [0.15, 0.2) is 0 Å². The molecule has 0 aliphatic carbocycles. The van der Waals surface area contributed by atoms with E-state index in [4.69, 9.17) is 5.73 Å². The van der Waals surface area contributed by atoms with Gasteiger partial charge in [-0.25, -0.2) is 0 Å². The number of para-hydroxylation sites is 2. The van der Waals surface area contributed by atoms with Crippen LogP contribution in [0.3, 0.4) is 0 Å². The molecule has 0 bridgehead atoms. The minimum absolute atomic E-state index is 0.0553. The number of hydrogen-bond donors (Lipinski definition) is 3. The quantitative estimate of drug-likeness (QED) is 0.641. The zero-order chi connectivity index (χ0) is 10.6. The van der Waals surface area contributed by atoms with Gasteiger partial charge in [-0.1, -0.05) is 19.1 Å². The van der Waals surface area contributed by atoms with Gasteiger partial charge in [0.25, 0.3) is 0 Å². The van der Waals surface area contributed by atoms with Crippen LogP contribution < -0.4 is 11.1 Å². The summed E-state index contributed by atoms with van der Waals surface area (Å²) >= 11 is 0. The number of aliphatic hydroxyl groups excluding tert-OH is 1. The average molecular weight is 194 g/mol. The molecule has 0 aromatic heterocycles. The fourth-order valence-electron chi connectivity index (χ4n) is 1.39. The van der Waals surface area contributed by atoms with Crippen molar-refractivity contribution >= 4 is 11.4 Å². The first-order chi connectivity index (χ1) is 6.65. The van der Waals surface area contributed by atoms with Gasteiger partial charge in [-0.15, -0.1) is 0 Å². The fraction of sp³-hybridized carbons (Fsp3) is 0.455. The molecule has 0 aliphatic heterocycles. The van der Waals surface area contributed by atoms with Crippen LogP contribution in [0.4, 0.5) is 11.4 Å². The van der Waals surface area contributed by atoms with Crippen molar-refractivity contribution in [3.8, 4) is 0 Å². The zero-order valence-corrected chi connectivity index (χ0v) is 8.70. The van der Waals surface area contributed by atoms with Crippen molar-refractivity contribution in [3.05, 3.63) is 24.3 Å². The van der Waals surface area contributed by atoms with Crippen LogP contribution in [0.5, 0.6) is 0 Å². The van der Waals surface area contributed by atoms with E-state index in [0.29, 0.717) is 5.69 Å². The SMILES string of the molecule is CCC(Nc1ccccc1N)C(C)O. The summed E-state index contributed by atoms with van der Waals surface area (Å²) in [6.07, 6.45) is 0.492. The molecule has 0 amide bonds. The fourth-order valence-corrected chi connectivity index (χ4v) is 1.39. The van der Waals surface area contributed by atoms with Gasteiger partial charge in [0.1, 0.15) is 0 Å². The molecule has 0 saturated heterocycles. The molecule has 0 fully saturated rings. The van der Waals surface area contributed by atoms with Crippen LogP contribution in [-0.4, -0.2) is 17.3 Å². The highest BCUT2D eigenvalue weighted by Gasteiger charge is 2.12. The number of aliphatic hydroxyl groups is 1. The Hall–Kier alpha value is -1.22. The van der Waals surface area contributed by atoms with Crippen molar-refractivity contribution in [1.29, 1.82) is 0 Å². The molecule has 0 saturated carbocycles. The van der Waals surface area contributed by atoms with Crippen molar-refractivity contribution in [2.45, 2.75) is 32.4 Å². The predicted octanol–water partition coefficient (Wildman–Crippen LogP) is 1.84. The summed E-state index contributed by atoms with van der Waals surface area (Å²) in [5.74, 6) is 0. The highest BCUT2D eigenvalue weighted by atomic mass is 16.3. The molecule has 0 aliphatic rings. The Bertz CT molecular complexity index is 286. The first-order valence-corrected chi connectivity index (χ1v) is 4.94. The molecule has 1 rings (SSSR count). The van der Waals surface area contributed by atoms with Crippen LogP contribution in [0, 0.1) is 0 Å². The Morgan fingerprint density at radius 3 is 2.57 bits per heavy atom. The first kappa shape index (κ1) is 10.9. The predicted molar refractivity (Wildman–Crippen MR) is 60.2 cm³/mol. The van der Waals surface area contributed by atoms with Gasteiger partial charge >= 0.3 is 0 Å². The summed E-state index contributed by atoms with van der Waals surface area (Å²) in [5, 5.41) is 12.7. The second-order valence-electron chi connectivity index (χ2n) is 3.49. The molecule has 0 heterocycles. The van der Waals surface area contributed by atoms with E-state index in [0.717, 1.165) is 12.1 Å². The summed E-state index contributed by atoms with van der Waals surface area (Å²) in [6.45, 7) is 3.81. The molecule has 78 valence electrons. The van der Waals surface area contributed by atoms with Crippen molar-refractivity contribution in [3.63, 3.8) is 0 Å². The van der Waals surface area contributed by atoms with Crippen LogP contribution in [0.25, 0.3) is 0 Å². The minimum Gasteiger partial charge on any atom is -0.397 e. The molecule has 1 aromatic carbocycles. The molecule has 2 atom stereocenters. The summed E-state index contributed by atoms with van der Waals surface area (Å²) < 4.78 is 0. The highest BCUT2D eigenvalue weighted by molar-refractivity contribution is 5.66. The van der Waals surface area contributed by atoms with Gasteiger partial charge < -0.3 is 16.2 Å². The zero-order valence-electron chi connectivity index (χ0n) is 8.70. The number of nitrogen functional groups attached to an aromatic ring is 1. The van der Waals surface area contributed by atoms with E-state index in [1.54, 1.807) is 6.92 Å². The normalized spacial score (nSPS) is 14.8. The number of hydrogen-bond acceptors (Lipinski definition) is 3. The lowest BCUT2D eigenvalue weighted by Crippen LogP contribution is -2.30. The molecule has 1 aromatic rings. The summed E-state index contributed by atoms with van der Waals surface area (Å²) in [4.78, 5) is 0. The smallest absolute Gasteiger partial charge is 0.0712 e. The van der Waals surface area contributed by atoms with Crippen LogP contribution in [0.1, 0.15) is 20.3 Å². The third-order valence-electron chi connectivity index (χ3n) is 2.32. The summed E-state index contributed by atoms with van der Waals surface area (Å²) in [7, 11) is 0. The molecule has 0 spiro atoms. The van der Waals surface area contributed by atoms with Gasteiger partial charge in [-0.2, -0.15) is 0 Å². The third kappa shape index (κ3) is 2.64. The maximum absolute atomic E-state index is 9.46. The second kappa shape index (κ2) is 4.86. The van der Waals surface area contributed by atoms with E-state index in [1.165, 1.54) is 0 Å². The van der Waals surface area contributed by atoms with E-state index in [1.807, 2.05) is 31.2 Å². The van der Waals surface area contributed by atoms with Gasteiger partial charge in [0.2, 0.25) is 0 Å². The molecule has 0 radical (unpaired) electrons. The minimum atomic E-state index is -0.375. The lowest BCUT2D eigenvalue weighted by molar-refractivity contribution is 0.169. The molecule has 3 heteroatoms. The molecule has 3 nitrogen and oxygen atoms in total. The maximum atomic E-state index is 9.46. The second-order valence-corrected chi connectivity index (χ2v) is 3.49. The van der Waals surface area contributed by atoms with Gasteiger partial charge in [0.05, 0.1) is 23.5 Å². The van der Waals surface area contributed by atoms with E-state index >= 15 is 0 Å². The van der Waals surface area contributed by atoms with Crippen LogP contribution in [0.2, 0.25) is 0 Å². The Labute approximate surface area is 84.9 Å². The Morgan fingerprint density at radius 2 is 2.07 bits per heavy atom. The standard InChI is InChI=1S/C11H18N2O/c1-3-10(8(2)14)13-11-7-5-4-6-9(11)12/h4-8,10,13-14H,3,12H2,1-2H3. The average Bonchev–Trinajstić information content (AvgIpc) is 2.16. The van der Waals surface area contributed by atoms with Gasteiger partial charge in [0, 0.05) is 0 Å². The van der Waals surface area contributed by atoms with Crippen LogP contribution in [0.15, 0.2) is 24.3 Å². The molecular weight excluding hydrogens is 176 g/mol. The molecular formula is C11H18N2O. The lowest BCUT2D eigenvalue weighted by atomic mass is 10.1.